The number of hydrogen-bond donors (Lipinski definition) is 1. The summed E-state index contributed by atoms with van der Waals surface area (Å²) in [6.07, 6.45) is 5.03. The minimum absolute atomic E-state index is 0.0922. The number of carbonyl (C=O) groups excluding carboxylic acids is 1. The number of amides is 1. The van der Waals surface area contributed by atoms with Crippen LogP contribution < -0.4 is 5.32 Å². The molecule has 0 bridgehead atoms. The highest BCUT2D eigenvalue weighted by Crippen LogP contribution is 2.45. The van der Waals surface area contributed by atoms with Crippen molar-refractivity contribution < 1.29 is 18.7 Å². The Balaban J connectivity index is 1.89. The molecule has 0 radical (unpaired) electrons. The molecular weight excluding hydrogens is 381 g/mol. The zero-order valence-electron chi connectivity index (χ0n) is 17.8. The molecule has 0 unspecified atom stereocenters. The molecule has 2 aromatic rings. The van der Waals surface area contributed by atoms with Gasteiger partial charge in [-0.05, 0) is 66.6 Å². The second-order valence-corrected chi connectivity index (χ2v) is 8.29. The summed E-state index contributed by atoms with van der Waals surface area (Å²) >= 11 is 0. The largest absolute Gasteiger partial charge is 0.469 e. The van der Waals surface area contributed by atoms with Gasteiger partial charge in [0.05, 0.1) is 11.1 Å². The fourth-order valence-corrected chi connectivity index (χ4v) is 4.92. The smallest absolute Gasteiger partial charge is 0.256 e. The van der Waals surface area contributed by atoms with E-state index in [0.717, 1.165) is 53.5 Å². The Morgan fingerprint density at radius 3 is 2.40 bits per heavy atom. The maximum Gasteiger partial charge on any atom is 0.256 e. The van der Waals surface area contributed by atoms with E-state index in [1.807, 2.05) is 26.0 Å². The molecule has 1 aliphatic heterocycles. The zero-order valence-corrected chi connectivity index (χ0v) is 17.8. The Morgan fingerprint density at radius 2 is 1.73 bits per heavy atom. The number of nitrogens with one attached hydrogen (secondary N) is 1. The van der Waals surface area contributed by atoms with Crippen molar-refractivity contribution in [2.75, 3.05) is 13.9 Å². The molecule has 4 rings (SSSR count). The average molecular weight is 410 g/mol. The second kappa shape index (κ2) is 8.23. The van der Waals surface area contributed by atoms with Gasteiger partial charge in [-0.1, -0.05) is 43.5 Å². The van der Waals surface area contributed by atoms with Crippen LogP contribution in [0.5, 0.6) is 0 Å². The lowest BCUT2D eigenvalue weighted by Gasteiger charge is -2.35. The van der Waals surface area contributed by atoms with Crippen molar-refractivity contribution in [2.45, 2.75) is 51.5 Å². The van der Waals surface area contributed by atoms with Gasteiger partial charge in [0.15, 0.2) is 6.79 Å². The molecule has 2 aliphatic rings. The van der Waals surface area contributed by atoms with Crippen LogP contribution in [-0.4, -0.2) is 25.3 Å². The maximum absolute atomic E-state index is 13.4. The highest BCUT2D eigenvalue weighted by atomic mass is 19.1. The molecule has 1 N–H and O–H groups in total. The van der Waals surface area contributed by atoms with E-state index in [4.69, 9.17) is 9.47 Å². The van der Waals surface area contributed by atoms with Crippen molar-refractivity contribution in [3.8, 4) is 11.1 Å². The molecule has 0 aromatic heterocycles. The van der Waals surface area contributed by atoms with Gasteiger partial charge in [-0.3, -0.25) is 4.79 Å². The van der Waals surface area contributed by atoms with Crippen LogP contribution in [0.25, 0.3) is 16.7 Å². The molecule has 1 saturated carbocycles. The first kappa shape index (κ1) is 20.6. The van der Waals surface area contributed by atoms with Crippen LogP contribution >= 0.6 is 0 Å². The van der Waals surface area contributed by atoms with E-state index in [1.54, 1.807) is 19.2 Å². The number of hydrogen-bond acceptors (Lipinski definition) is 3. The van der Waals surface area contributed by atoms with Gasteiger partial charge >= 0.3 is 0 Å². The highest BCUT2D eigenvalue weighted by molar-refractivity contribution is 6.24. The lowest BCUT2D eigenvalue weighted by atomic mass is 9.79. The SMILES string of the molecule is COCOC1=C(c2c(C)ccc(-c3ccc(F)cc3)c2C)C(=O)NC12CCCCC2. The van der Waals surface area contributed by atoms with Crippen LogP contribution in [-0.2, 0) is 14.3 Å². The van der Waals surface area contributed by atoms with Crippen LogP contribution in [0.4, 0.5) is 4.39 Å². The van der Waals surface area contributed by atoms with Crippen LogP contribution in [0.15, 0.2) is 42.2 Å². The van der Waals surface area contributed by atoms with Crippen molar-refractivity contribution in [3.05, 3.63) is 64.7 Å². The van der Waals surface area contributed by atoms with E-state index in [2.05, 4.69) is 5.32 Å². The Morgan fingerprint density at radius 1 is 1.03 bits per heavy atom. The molecular formula is C25H28FNO3. The number of benzene rings is 2. The minimum Gasteiger partial charge on any atom is -0.469 e. The molecule has 1 fully saturated rings. The van der Waals surface area contributed by atoms with E-state index in [1.165, 1.54) is 18.6 Å². The fourth-order valence-electron chi connectivity index (χ4n) is 4.92. The molecule has 1 amide bonds. The van der Waals surface area contributed by atoms with Gasteiger partial charge in [-0.15, -0.1) is 0 Å². The first-order chi connectivity index (χ1) is 14.5. The quantitative estimate of drug-likeness (QED) is 0.684. The van der Waals surface area contributed by atoms with Crippen molar-refractivity contribution in [2.24, 2.45) is 0 Å². The van der Waals surface area contributed by atoms with E-state index in [0.29, 0.717) is 11.3 Å². The van der Waals surface area contributed by atoms with Crippen LogP contribution in [0.2, 0.25) is 0 Å². The fraction of sp³-hybridized carbons (Fsp3) is 0.400. The summed E-state index contributed by atoms with van der Waals surface area (Å²) in [7, 11) is 1.59. The first-order valence-electron chi connectivity index (χ1n) is 10.5. The summed E-state index contributed by atoms with van der Waals surface area (Å²) in [4.78, 5) is 13.3. The third-order valence-electron chi connectivity index (χ3n) is 6.35. The van der Waals surface area contributed by atoms with Crippen LogP contribution in [0, 0.1) is 19.7 Å². The second-order valence-electron chi connectivity index (χ2n) is 8.29. The average Bonchev–Trinajstić information content (AvgIpc) is 2.98. The van der Waals surface area contributed by atoms with Crippen molar-refractivity contribution in [3.63, 3.8) is 0 Å². The summed E-state index contributed by atoms with van der Waals surface area (Å²) in [6, 6.07) is 10.5. The van der Waals surface area contributed by atoms with E-state index >= 15 is 0 Å². The molecule has 1 spiro atoms. The maximum atomic E-state index is 13.4. The van der Waals surface area contributed by atoms with Gasteiger partial charge < -0.3 is 14.8 Å². The lowest BCUT2D eigenvalue weighted by molar-refractivity contribution is -0.116. The molecule has 30 heavy (non-hydrogen) atoms. The van der Waals surface area contributed by atoms with Gasteiger partial charge in [0.25, 0.3) is 5.91 Å². The molecule has 0 saturated heterocycles. The van der Waals surface area contributed by atoms with Crippen molar-refractivity contribution in [1.82, 2.24) is 5.32 Å². The molecule has 0 atom stereocenters. The monoisotopic (exact) mass is 409 g/mol. The first-order valence-corrected chi connectivity index (χ1v) is 10.5. The highest BCUT2D eigenvalue weighted by Gasteiger charge is 2.48. The van der Waals surface area contributed by atoms with Gasteiger partial charge in [-0.25, -0.2) is 4.39 Å². The normalized spacial score (nSPS) is 18.1. The summed E-state index contributed by atoms with van der Waals surface area (Å²) in [5, 5.41) is 3.25. The third kappa shape index (κ3) is 3.52. The Kier molecular flexibility index (Phi) is 5.65. The van der Waals surface area contributed by atoms with Gasteiger partial charge in [0.2, 0.25) is 0 Å². The Bertz CT molecular complexity index is 988. The summed E-state index contributed by atoms with van der Waals surface area (Å²) in [6.45, 7) is 4.13. The molecule has 4 nitrogen and oxygen atoms in total. The molecule has 5 heteroatoms. The Labute approximate surface area is 177 Å². The van der Waals surface area contributed by atoms with Gasteiger partial charge in [-0.2, -0.15) is 0 Å². The number of ether oxygens (including phenoxy) is 2. The van der Waals surface area contributed by atoms with E-state index in [-0.39, 0.29) is 18.5 Å². The van der Waals surface area contributed by atoms with Crippen molar-refractivity contribution in [1.29, 1.82) is 0 Å². The van der Waals surface area contributed by atoms with Crippen molar-refractivity contribution >= 4 is 11.5 Å². The Hall–Kier alpha value is -2.66. The summed E-state index contributed by atoms with van der Waals surface area (Å²) in [5.41, 5.74) is 4.94. The predicted octanol–water partition coefficient (Wildman–Crippen LogP) is 5.27. The number of methoxy groups -OCH3 is 1. The van der Waals surface area contributed by atoms with Gasteiger partial charge in [0.1, 0.15) is 11.6 Å². The number of aryl methyl sites for hydroxylation is 1. The number of carbonyl (C=O) groups is 1. The zero-order chi connectivity index (χ0) is 21.3. The van der Waals surface area contributed by atoms with E-state index < -0.39 is 5.54 Å². The van der Waals surface area contributed by atoms with Crippen LogP contribution in [0.1, 0.15) is 48.8 Å². The lowest BCUT2D eigenvalue weighted by Crippen LogP contribution is -2.46. The summed E-state index contributed by atoms with van der Waals surface area (Å²) < 4.78 is 24.7. The van der Waals surface area contributed by atoms with E-state index in [9.17, 15) is 9.18 Å². The number of rotatable bonds is 5. The number of halogens is 1. The topological polar surface area (TPSA) is 47.6 Å². The van der Waals surface area contributed by atoms with Gasteiger partial charge in [0, 0.05) is 7.11 Å². The predicted molar refractivity (Wildman–Crippen MR) is 115 cm³/mol. The summed E-state index contributed by atoms with van der Waals surface area (Å²) in [5.74, 6) is 0.345. The molecule has 2 aromatic carbocycles. The molecule has 1 heterocycles. The molecule has 1 aliphatic carbocycles. The standard InChI is InChI=1S/C25H28FNO3/c1-16-7-12-20(18-8-10-19(26)11-9-18)17(2)21(16)22-23(30-15-29-3)25(27-24(22)28)13-5-4-6-14-25/h7-12H,4-6,13-15H2,1-3H3,(H,27,28). The molecule has 158 valence electrons. The van der Waals surface area contributed by atoms with Crippen LogP contribution in [0.3, 0.4) is 0 Å². The third-order valence-corrected chi connectivity index (χ3v) is 6.35. The minimum atomic E-state index is -0.450.